The maximum atomic E-state index is 12.5. The maximum Gasteiger partial charge on any atom is 0.316 e. The molecule has 0 saturated carbocycles. The van der Waals surface area contributed by atoms with Crippen molar-refractivity contribution >= 4 is 23.2 Å². The summed E-state index contributed by atoms with van der Waals surface area (Å²) in [5.41, 5.74) is 1.31. The third kappa shape index (κ3) is 3.48. The van der Waals surface area contributed by atoms with Crippen molar-refractivity contribution in [1.29, 1.82) is 0 Å². The highest BCUT2D eigenvalue weighted by Gasteiger charge is 2.33. The van der Waals surface area contributed by atoms with E-state index in [4.69, 9.17) is 0 Å². The first-order valence-electron chi connectivity index (χ1n) is 8.50. The molecule has 134 valence electrons. The van der Waals surface area contributed by atoms with Crippen LogP contribution in [0.25, 0.3) is 0 Å². The number of carbonyl (C=O) groups is 2. The summed E-state index contributed by atoms with van der Waals surface area (Å²) in [6.07, 6.45) is 1.35. The molecule has 1 aromatic rings. The molecule has 25 heavy (non-hydrogen) atoms. The molecule has 1 N–H and O–H groups in total. The van der Waals surface area contributed by atoms with Crippen LogP contribution in [0.5, 0.6) is 0 Å². The number of amides is 2. The summed E-state index contributed by atoms with van der Waals surface area (Å²) >= 11 is 0. The number of nitro benzene ring substituents is 1. The Labute approximate surface area is 145 Å². The molecule has 0 spiro atoms. The van der Waals surface area contributed by atoms with Gasteiger partial charge < -0.3 is 10.2 Å². The fraction of sp³-hybridized carbons (Fsp3) is 0.529. The van der Waals surface area contributed by atoms with Crippen molar-refractivity contribution in [1.82, 2.24) is 10.2 Å². The summed E-state index contributed by atoms with van der Waals surface area (Å²) in [5, 5.41) is 13.7. The van der Waals surface area contributed by atoms with Gasteiger partial charge in [-0.2, -0.15) is 0 Å². The summed E-state index contributed by atoms with van der Waals surface area (Å²) in [5.74, 6) is -1.21. The number of hydrogen-bond donors (Lipinski definition) is 1. The number of likely N-dealkylation sites (tertiary alicyclic amines) is 1. The molecule has 1 aromatic carbocycles. The average molecular weight is 346 g/mol. The topological polar surface area (TPSA) is 95.8 Å². The van der Waals surface area contributed by atoms with E-state index in [1.165, 1.54) is 17.0 Å². The molecule has 0 bridgehead atoms. The number of hydrogen-bond acceptors (Lipinski definition) is 5. The number of nitrogens with one attached hydrogen (secondary N) is 1. The molecule has 2 aliphatic heterocycles. The number of non-ortho nitro benzene ring substituents is 1. The van der Waals surface area contributed by atoms with Crippen LogP contribution in [0.4, 0.5) is 11.4 Å². The monoisotopic (exact) mass is 346 g/mol. The number of anilines is 1. The lowest BCUT2D eigenvalue weighted by atomic mass is 10.1. The third-order valence-electron chi connectivity index (χ3n) is 4.89. The molecule has 1 fully saturated rings. The van der Waals surface area contributed by atoms with Crippen LogP contribution in [0.3, 0.4) is 0 Å². The van der Waals surface area contributed by atoms with Gasteiger partial charge in [0.1, 0.15) is 0 Å². The van der Waals surface area contributed by atoms with E-state index in [1.807, 2.05) is 0 Å². The van der Waals surface area contributed by atoms with Crippen molar-refractivity contribution in [2.24, 2.45) is 0 Å². The van der Waals surface area contributed by atoms with E-state index in [9.17, 15) is 19.7 Å². The standard InChI is InChI=1S/C17H22N4O4/c1-11(2)19-7-6-13(10-19)18-16(22)17(23)20-8-5-12-9-14(21(24)25)3-4-15(12)20/h3-4,9,11,13H,5-8,10H2,1-2H3,(H,18,22). The van der Waals surface area contributed by atoms with E-state index in [0.29, 0.717) is 24.7 Å². The predicted octanol–water partition coefficient (Wildman–Crippen LogP) is 1.08. The van der Waals surface area contributed by atoms with Crippen molar-refractivity contribution in [3.63, 3.8) is 0 Å². The minimum atomic E-state index is -0.609. The zero-order valence-electron chi connectivity index (χ0n) is 14.4. The lowest BCUT2D eigenvalue weighted by Gasteiger charge is -2.21. The first-order valence-corrected chi connectivity index (χ1v) is 8.50. The summed E-state index contributed by atoms with van der Waals surface area (Å²) in [4.78, 5) is 38.9. The van der Waals surface area contributed by atoms with Crippen molar-refractivity contribution in [2.45, 2.75) is 38.8 Å². The van der Waals surface area contributed by atoms with Gasteiger partial charge in [-0.1, -0.05) is 0 Å². The first-order chi connectivity index (χ1) is 11.9. The van der Waals surface area contributed by atoms with Crippen LogP contribution in [0, 0.1) is 10.1 Å². The van der Waals surface area contributed by atoms with Crippen LogP contribution in [-0.2, 0) is 16.0 Å². The quantitative estimate of drug-likeness (QED) is 0.502. The van der Waals surface area contributed by atoms with Gasteiger partial charge in [-0.05, 0) is 38.3 Å². The number of nitro groups is 1. The van der Waals surface area contributed by atoms with Gasteiger partial charge in [-0.25, -0.2) is 0 Å². The Kier molecular flexibility index (Phi) is 4.71. The molecule has 2 amide bonds. The molecule has 1 unspecified atom stereocenters. The Bertz CT molecular complexity index is 719. The molecule has 8 nitrogen and oxygen atoms in total. The summed E-state index contributed by atoms with van der Waals surface area (Å²) in [7, 11) is 0. The molecular formula is C17H22N4O4. The number of fused-ring (bicyclic) bond motifs is 1. The second-order valence-electron chi connectivity index (χ2n) is 6.82. The van der Waals surface area contributed by atoms with E-state index in [-0.39, 0.29) is 11.7 Å². The third-order valence-corrected chi connectivity index (χ3v) is 4.89. The Morgan fingerprint density at radius 1 is 1.32 bits per heavy atom. The van der Waals surface area contributed by atoms with Crippen LogP contribution < -0.4 is 10.2 Å². The summed E-state index contributed by atoms with van der Waals surface area (Å²) in [6, 6.07) is 4.77. The highest BCUT2D eigenvalue weighted by atomic mass is 16.6. The molecule has 0 radical (unpaired) electrons. The first kappa shape index (κ1) is 17.3. The van der Waals surface area contributed by atoms with Crippen LogP contribution >= 0.6 is 0 Å². The molecule has 2 heterocycles. The molecule has 0 aliphatic carbocycles. The zero-order chi connectivity index (χ0) is 18.1. The Morgan fingerprint density at radius 2 is 2.08 bits per heavy atom. The highest BCUT2D eigenvalue weighted by Crippen LogP contribution is 2.31. The van der Waals surface area contributed by atoms with Crippen LogP contribution in [0.15, 0.2) is 18.2 Å². The lowest BCUT2D eigenvalue weighted by Crippen LogP contribution is -2.47. The maximum absolute atomic E-state index is 12.5. The number of nitrogens with zero attached hydrogens (tertiary/aromatic N) is 3. The Morgan fingerprint density at radius 3 is 2.72 bits per heavy atom. The minimum absolute atomic E-state index is 0.00256. The van der Waals surface area contributed by atoms with E-state index in [2.05, 4.69) is 24.1 Å². The van der Waals surface area contributed by atoms with Crippen molar-refractivity contribution in [3.8, 4) is 0 Å². The molecular weight excluding hydrogens is 324 g/mol. The smallest absolute Gasteiger partial charge is 0.316 e. The minimum Gasteiger partial charge on any atom is -0.344 e. The molecule has 0 aromatic heterocycles. The summed E-state index contributed by atoms with van der Waals surface area (Å²) < 4.78 is 0. The van der Waals surface area contributed by atoms with Crippen LogP contribution in [0.1, 0.15) is 25.8 Å². The molecule has 2 aliphatic rings. The fourth-order valence-corrected chi connectivity index (χ4v) is 3.46. The van der Waals surface area contributed by atoms with Crippen molar-refractivity contribution < 1.29 is 14.5 Å². The SMILES string of the molecule is CC(C)N1CCC(NC(=O)C(=O)N2CCc3cc([N+](=O)[O-])ccc32)C1. The number of benzene rings is 1. The largest absolute Gasteiger partial charge is 0.344 e. The van der Waals surface area contributed by atoms with Gasteiger partial charge in [0.2, 0.25) is 0 Å². The van der Waals surface area contributed by atoms with Gasteiger partial charge in [0.25, 0.3) is 5.69 Å². The molecule has 8 heteroatoms. The second kappa shape index (κ2) is 6.79. The number of rotatable bonds is 3. The van der Waals surface area contributed by atoms with Gasteiger partial charge in [0.05, 0.1) is 4.92 Å². The van der Waals surface area contributed by atoms with Crippen LogP contribution in [-0.4, -0.2) is 53.4 Å². The van der Waals surface area contributed by atoms with Crippen molar-refractivity contribution in [2.75, 3.05) is 24.5 Å². The van der Waals surface area contributed by atoms with E-state index < -0.39 is 16.7 Å². The van der Waals surface area contributed by atoms with Gasteiger partial charge >= 0.3 is 11.8 Å². The van der Waals surface area contributed by atoms with Gasteiger partial charge in [0, 0.05) is 49.5 Å². The Hall–Kier alpha value is -2.48. The average Bonchev–Trinajstić information content (AvgIpc) is 3.20. The lowest BCUT2D eigenvalue weighted by molar-refractivity contribution is -0.384. The fourth-order valence-electron chi connectivity index (χ4n) is 3.46. The Balaban J connectivity index is 1.65. The molecule has 1 atom stereocenters. The normalized spacial score (nSPS) is 20.0. The second-order valence-corrected chi connectivity index (χ2v) is 6.82. The van der Waals surface area contributed by atoms with E-state index >= 15 is 0 Å². The highest BCUT2D eigenvalue weighted by molar-refractivity contribution is 6.40. The zero-order valence-corrected chi connectivity index (χ0v) is 14.4. The summed E-state index contributed by atoms with van der Waals surface area (Å²) in [6.45, 7) is 6.24. The van der Waals surface area contributed by atoms with Crippen molar-refractivity contribution in [3.05, 3.63) is 33.9 Å². The molecule has 1 saturated heterocycles. The van der Waals surface area contributed by atoms with Gasteiger partial charge in [-0.3, -0.25) is 24.6 Å². The number of carbonyl (C=O) groups excluding carboxylic acids is 2. The van der Waals surface area contributed by atoms with Crippen LogP contribution in [0.2, 0.25) is 0 Å². The van der Waals surface area contributed by atoms with Gasteiger partial charge in [0.15, 0.2) is 0 Å². The predicted molar refractivity (Wildman–Crippen MR) is 92.4 cm³/mol. The van der Waals surface area contributed by atoms with E-state index in [0.717, 1.165) is 25.1 Å². The van der Waals surface area contributed by atoms with Gasteiger partial charge in [-0.15, -0.1) is 0 Å². The molecule has 3 rings (SSSR count). The van der Waals surface area contributed by atoms with E-state index in [1.54, 1.807) is 6.07 Å².